The van der Waals surface area contributed by atoms with E-state index in [2.05, 4.69) is 22.2 Å². The number of amides is 1. The fourth-order valence-electron chi connectivity index (χ4n) is 4.16. The molecule has 2 aromatic heterocycles. The second kappa shape index (κ2) is 12.7. The highest BCUT2D eigenvalue weighted by Crippen LogP contribution is 2.21. The Morgan fingerprint density at radius 3 is 2.35 bits per heavy atom. The molecule has 2 heterocycles. The molecule has 1 atom stereocenters. The molecular weight excluding hydrogens is 504 g/mol. The van der Waals surface area contributed by atoms with E-state index in [-0.39, 0.29) is 41.7 Å². The van der Waals surface area contributed by atoms with Crippen LogP contribution < -0.4 is 16.2 Å². The highest BCUT2D eigenvalue weighted by atomic mass is 16.2. The Morgan fingerprint density at radius 1 is 0.950 bits per heavy atom. The van der Waals surface area contributed by atoms with Gasteiger partial charge in [-0.05, 0) is 54.9 Å². The van der Waals surface area contributed by atoms with Gasteiger partial charge in [-0.2, -0.15) is 0 Å². The van der Waals surface area contributed by atoms with Crippen LogP contribution in [-0.2, 0) is 22.6 Å². The van der Waals surface area contributed by atoms with Gasteiger partial charge in [-0.15, -0.1) is 0 Å². The van der Waals surface area contributed by atoms with Crippen LogP contribution in [0.15, 0.2) is 103 Å². The highest BCUT2D eigenvalue weighted by Gasteiger charge is 2.17. The van der Waals surface area contributed by atoms with Gasteiger partial charge in [0.15, 0.2) is 11.6 Å². The molecule has 202 valence electrons. The highest BCUT2D eigenvalue weighted by molar-refractivity contribution is 6.09. The number of likely N-dealkylation sites (N-methyl/N-ethyl adjacent to an activating group) is 1. The summed E-state index contributed by atoms with van der Waals surface area (Å²) in [6.07, 6.45) is 4.59. The van der Waals surface area contributed by atoms with E-state index in [0.29, 0.717) is 22.4 Å². The number of anilines is 1. The van der Waals surface area contributed by atoms with E-state index in [1.807, 2.05) is 30.3 Å². The molecule has 0 fully saturated rings. The fraction of sp³-hybridized carbons (Fsp3) is 0.156. The van der Waals surface area contributed by atoms with Crippen molar-refractivity contribution in [1.82, 2.24) is 14.9 Å². The molecule has 8 heteroatoms. The third-order valence-electron chi connectivity index (χ3n) is 6.55. The van der Waals surface area contributed by atoms with Gasteiger partial charge in [-0.25, -0.2) is 0 Å². The standard InChI is InChI=1S/C32H30N4O4/c1-4-27(37)17-22-10-12-25(13-11-22)30(38)26-16-23(18-34-19-26)20-36-29(24-8-6-5-7-9-24)15-14-28(32(36)40)35-31(39)21(2)33-3/h4-16,18-19,21,33H,1,17,20H2,2-3H3,(H,35,39)/t21-/m0/s1. The molecule has 40 heavy (non-hydrogen) atoms. The number of nitrogens with zero attached hydrogens (tertiary/aromatic N) is 2. The number of pyridine rings is 2. The average Bonchev–Trinajstić information content (AvgIpc) is 2.99. The van der Waals surface area contributed by atoms with Crippen LogP contribution in [0.4, 0.5) is 5.69 Å². The van der Waals surface area contributed by atoms with Gasteiger partial charge in [-0.3, -0.25) is 24.2 Å². The Kier molecular flexibility index (Phi) is 8.93. The number of aromatic nitrogens is 2. The Labute approximate surface area is 232 Å². The number of nitrogens with one attached hydrogen (secondary N) is 2. The van der Waals surface area contributed by atoms with Gasteiger partial charge >= 0.3 is 0 Å². The van der Waals surface area contributed by atoms with E-state index < -0.39 is 6.04 Å². The zero-order valence-electron chi connectivity index (χ0n) is 22.4. The van der Waals surface area contributed by atoms with Crippen molar-refractivity contribution < 1.29 is 14.4 Å². The number of allylic oxidation sites excluding steroid dienone is 1. The number of ketones is 2. The van der Waals surface area contributed by atoms with Gasteiger partial charge in [0.2, 0.25) is 5.91 Å². The van der Waals surface area contributed by atoms with Crippen LogP contribution in [0, 0.1) is 0 Å². The first-order valence-electron chi connectivity index (χ1n) is 12.8. The van der Waals surface area contributed by atoms with Gasteiger partial charge in [0.05, 0.1) is 18.3 Å². The van der Waals surface area contributed by atoms with Gasteiger partial charge in [0.1, 0.15) is 5.69 Å². The number of hydrogen-bond donors (Lipinski definition) is 2. The normalized spacial score (nSPS) is 11.4. The summed E-state index contributed by atoms with van der Waals surface area (Å²) in [7, 11) is 1.67. The van der Waals surface area contributed by atoms with Crippen LogP contribution in [0.5, 0.6) is 0 Å². The second-order valence-corrected chi connectivity index (χ2v) is 9.34. The van der Waals surface area contributed by atoms with Crippen molar-refractivity contribution in [2.24, 2.45) is 0 Å². The van der Waals surface area contributed by atoms with Gasteiger partial charge < -0.3 is 15.2 Å². The summed E-state index contributed by atoms with van der Waals surface area (Å²) in [5.41, 5.74) is 3.53. The van der Waals surface area contributed by atoms with Crippen molar-refractivity contribution in [2.45, 2.75) is 25.9 Å². The molecule has 0 bridgehead atoms. The van der Waals surface area contributed by atoms with Crippen LogP contribution in [0.3, 0.4) is 0 Å². The molecule has 0 aliphatic heterocycles. The number of benzene rings is 2. The third-order valence-corrected chi connectivity index (χ3v) is 6.55. The second-order valence-electron chi connectivity index (χ2n) is 9.34. The monoisotopic (exact) mass is 534 g/mol. The minimum Gasteiger partial charge on any atom is -0.320 e. The van der Waals surface area contributed by atoms with E-state index in [0.717, 1.165) is 11.1 Å². The molecule has 2 N–H and O–H groups in total. The molecule has 8 nitrogen and oxygen atoms in total. The van der Waals surface area contributed by atoms with Crippen LogP contribution in [0.1, 0.15) is 34.0 Å². The number of carbonyl (C=O) groups is 3. The quantitative estimate of drug-likeness (QED) is 0.222. The lowest BCUT2D eigenvalue weighted by molar-refractivity contribution is -0.117. The lowest BCUT2D eigenvalue weighted by atomic mass is 10.0. The van der Waals surface area contributed by atoms with Crippen molar-refractivity contribution in [3.63, 3.8) is 0 Å². The summed E-state index contributed by atoms with van der Waals surface area (Å²) in [5.74, 6) is -0.650. The molecule has 4 rings (SSSR count). The van der Waals surface area contributed by atoms with Gasteiger partial charge in [0, 0.05) is 29.9 Å². The maximum absolute atomic E-state index is 13.6. The lowest BCUT2D eigenvalue weighted by Crippen LogP contribution is -2.37. The SMILES string of the molecule is C=CC(=O)Cc1ccc(C(=O)c2cncc(Cn3c(-c4ccccc4)ccc(NC(=O)[C@H](C)NC)c3=O)c2)cc1. The van der Waals surface area contributed by atoms with Crippen LogP contribution in [-0.4, -0.2) is 40.1 Å². The molecule has 0 saturated heterocycles. The van der Waals surface area contributed by atoms with Crippen LogP contribution in [0.2, 0.25) is 0 Å². The van der Waals surface area contributed by atoms with Crippen LogP contribution in [0.25, 0.3) is 11.3 Å². The molecule has 0 unspecified atom stereocenters. The van der Waals surface area contributed by atoms with E-state index in [1.165, 1.54) is 12.3 Å². The third kappa shape index (κ3) is 6.54. The van der Waals surface area contributed by atoms with Crippen molar-refractivity contribution in [1.29, 1.82) is 0 Å². The smallest absolute Gasteiger partial charge is 0.275 e. The first-order chi connectivity index (χ1) is 19.3. The maximum Gasteiger partial charge on any atom is 0.275 e. The van der Waals surface area contributed by atoms with Gasteiger partial charge in [0.25, 0.3) is 5.56 Å². The van der Waals surface area contributed by atoms with Crippen molar-refractivity contribution >= 4 is 23.2 Å². The zero-order valence-corrected chi connectivity index (χ0v) is 22.4. The molecule has 0 saturated carbocycles. The molecule has 0 aliphatic carbocycles. The van der Waals surface area contributed by atoms with E-state index in [1.54, 1.807) is 67.2 Å². The lowest BCUT2D eigenvalue weighted by Gasteiger charge is -2.17. The molecule has 0 radical (unpaired) electrons. The number of carbonyl (C=O) groups excluding carboxylic acids is 3. The molecule has 1 amide bonds. The van der Waals surface area contributed by atoms with Crippen molar-refractivity contribution in [3.05, 3.63) is 130 Å². The van der Waals surface area contributed by atoms with Crippen molar-refractivity contribution in [3.8, 4) is 11.3 Å². The molecular formula is C32H30N4O4. The summed E-state index contributed by atoms with van der Waals surface area (Å²) in [5, 5.41) is 5.57. The molecule has 0 aliphatic rings. The zero-order chi connectivity index (χ0) is 28.6. The molecule has 2 aromatic carbocycles. The first kappa shape index (κ1) is 28.1. The Hall–Kier alpha value is -4.95. The summed E-state index contributed by atoms with van der Waals surface area (Å²) in [4.78, 5) is 55.2. The predicted molar refractivity (Wildman–Crippen MR) is 155 cm³/mol. The minimum atomic E-state index is -0.481. The predicted octanol–water partition coefficient (Wildman–Crippen LogP) is 4.03. The number of rotatable bonds is 11. The maximum atomic E-state index is 13.6. The molecule has 4 aromatic rings. The van der Waals surface area contributed by atoms with E-state index in [4.69, 9.17) is 0 Å². The Morgan fingerprint density at radius 2 is 1.68 bits per heavy atom. The van der Waals surface area contributed by atoms with E-state index in [9.17, 15) is 19.2 Å². The van der Waals surface area contributed by atoms with Crippen molar-refractivity contribution in [2.75, 3.05) is 12.4 Å². The topological polar surface area (TPSA) is 110 Å². The summed E-state index contributed by atoms with van der Waals surface area (Å²) >= 11 is 0. The summed E-state index contributed by atoms with van der Waals surface area (Å²) in [6.45, 7) is 5.32. The average molecular weight is 535 g/mol. The van der Waals surface area contributed by atoms with Crippen LogP contribution >= 0.6 is 0 Å². The summed E-state index contributed by atoms with van der Waals surface area (Å²) < 4.78 is 1.56. The first-order valence-corrected chi connectivity index (χ1v) is 12.8. The van der Waals surface area contributed by atoms with Gasteiger partial charge in [-0.1, -0.05) is 61.2 Å². The fourth-order valence-corrected chi connectivity index (χ4v) is 4.16. The van der Waals surface area contributed by atoms with E-state index >= 15 is 0 Å². The minimum absolute atomic E-state index is 0.0960. The summed E-state index contributed by atoms with van der Waals surface area (Å²) in [6, 6.07) is 20.9. The Balaban J connectivity index is 1.66. The Bertz CT molecular complexity index is 1610. The largest absolute Gasteiger partial charge is 0.320 e. The number of hydrogen-bond acceptors (Lipinski definition) is 6. The molecule has 0 spiro atoms.